The van der Waals surface area contributed by atoms with E-state index in [1.54, 1.807) is 0 Å². The molecule has 100 valence electrons. The van der Waals surface area contributed by atoms with E-state index >= 15 is 0 Å². The zero-order chi connectivity index (χ0) is 13.7. The first-order valence-electron chi connectivity index (χ1n) is 6.55. The molecule has 2 aromatic carbocycles. The zero-order valence-corrected chi connectivity index (χ0v) is 12.7. The highest BCUT2D eigenvalue weighted by atomic mass is 79.9. The van der Waals surface area contributed by atoms with Gasteiger partial charge in [0.1, 0.15) is 0 Å². The molecule has 0 spiro atoms. The highest BCUT2D eigenvalue weighted by molar-refractivity contribution is 9.10. The van der Waals surface area contributed by atoms with Gasteiger partial charge in [-0.25, -0.2) is 5.43 Å². The Morgan fingerprint density at radius 1 is 1.11 bits per heavy atom. The Morgan fingerprint density at radius 3 is 2.42 bits per heavy atom. The summed E-state index contributed by atoms with van der Waals surface area (Å²) in [5.74, 6) is 5.75. The van der Waals surface area contributed by atoms with Gasteiger partial charge in [0.25, 0.3) is 0 Å². The molecule has 2 aromatic rings. The van der Waals surface area contributed by atoms with E-state index in [-0.39, 0.29) is 6.04 Å². The standard InChI is InChI=1S/C16H19BrN2/c1-2-5-12-6-3-7-13(10-12)16(19-18)14-8-4-9-15(17)11-14/h3-4,6-11,16,19H,2,5,18H2,1H3. The molecule has 0 aromatic heterocycles. The monoisotopic (exact) mass is 318 g/mol. The van der Waals surface area contributed by atoms with Gasteiger partial charge in [-0.05, 0) is 35.2 Å². The summed E-state index contributed by atoms with van der Waals surface area (Å²) in [6.45, 7) is 2.19. The lowest BCUT2D eigenvalue weighted by Gasteiger charge is -2.18. The van der Waals surface area contributed by atoms with Crippen LogP contribution in [0.25, 0.3) is 0 Å². The molecule has 0 amide bonds. The van der Waals surface area contributed by atoms with E-state index in [1.807, 2.05) is 12.1 Å². The van der Waals surface area contributed by atoms with Gasteiger partial charge in [0, 0.05) is 4.47 Å². The van der Waals surface area contributed by atoms with Crippen molar-refractivity contribution in [2.24, 2.45) is 5.84 Å². The Kier molecular flexibility index (Phi) is 5.14. The molecule has 19 heavy (non-hydrogen) atoms. The lowest BCUT2D eigenvalue weighted by Crippen LogP contribution is -2.28. The normalized spacial score (nSPS) is 12.4. The second kappa shape index (κ2) is 6.85. The first kappa shape index (κ1) is 14.3. The molecular formula is C16H19BrN2. The Hall–Kier alpha value is -1.16. The van der Waals surface area contributed by atoms with Gasteiger partial charge in [0.15, 0.2) is 0 Å². The molecule has 0 radical (unpaired) electrons. The molecule has 0 aliphatic carbocycles. The highest BCUT2D eigenvalue weighted by Gasteiger charge is 2.12. The number of rotatable bonds is 5. The van der Waals surface area contributed by atoms with Gasteiger partial charge in [-0.3, -0.25) is 5.84 Å². The molecule has 1 unspecified atom stereocenters. The summed E-state index contributed by atoms with van der Waals surface area (Å²) in [6, 6.07) is 16.9. The molecule has 0 heterocycles. The average Bonchev–Trinajstić information content (AvgIpc) is 2.41. The van der Waals surface area contributed by atoms with Crippen LogP contribution in [0.2, 0.25) is 0 Å². The second-order valence-electron chi connectivity index (χ2n) is 4.65. The smallest absolute Gasteiger partial charge is 0.0710 e. The van der Waals surface area contributed by atoms with E-state index in [4.69, 9.17) is 5.84 Å². The maximum Gasteiger partial charge on any atom is 0.0710 e. The van der Waals surface area contributed by atoms with Crippen molar-refractivity contribution in [1.29, 1.82) is 0 Å². The first-order chi connectivity index (χ1) is 9.24. The third-order valence-electron chi connectivity index (χ3n) is 3.17. The van der Waals surface area contributed by atoms with Crippen LogP contribution in [0.5, 0.6) is 0 Å². The van der Waals surface area contributed by atoms with Crippen molar-refractivity contribution < 1.29 is 0 Å². The number of hydrogen-bond donors (Lipinski definition) is 2. The molecule has 2 rings (SSSR count). The van der Waals surface area contributed by atoms with Crippen molar-refractivity contribution in [1.82, 2.24) is 5.43 Å². The fourth-order valence-electron chi connectivity index (χ4n) is 2.29. The van der Waals surface area contributed by atoms with Crippen LogP contribution in [-0.2, 0) is 6.42 Å². The van der Waals surface area contributed by atoms with E-state index in [0.717, 1.165) is 22.9 Å². The summed E-state index contributed by atoms with van der Waals surface area (Å²) < 4.78 is 1.06. The van der Waals surface area contributed by atoms with E-state index in [1.165, 1.54) is 11.1 Å². The molecule has 0 aliphatic rings. The number of hydrogen-bond acceptors (Lipinski definition) is 2. The lowest BCUT2D eigenvalue weighted by molar-refractivity contribution is 0.635. The number of hydrazine groups is 1. The average molecular weight is 319 g/mol. The van der Waals surface area contributed by atoms with Crippen molar-refractivity contribution in [3.63, 3.8) is 0 Å². The van der Waals surface area contributed by atoms with Crippen molar-refractivity contribution >= 4 is 15.9 Å². The van der Waals surface area contributed by atoms with Gasteiger partial charge in [-0.1, -0.05) is 65.7 Å². The number of nitrogens with two attached hydrogens (primary N) is 1. The van der Waals surface area contributed by atoms with Gasteiger partial charge in [0.2, 0.25) is 0 Å². The fourth-order valence-corrected chi connectivity index (χ4v) is 2.70. The Labute approximate surface area is 123 Å². The number of aryl methyl sites for hydroxylation is 1. The quantitative estimate of drug-likeness (QED) is 0.647. The number of halogens is 1. The minimum Gasteiger partial charge on any atom is -0.271 e. The minimum absolute atomic E-state index is 0.0225. The van der Waals surface area contributed by atoms with Crippen molar-refractivity contribution in [3.05, 3.63) is 69.7 Å². The van der Waals surface area contributed by atoms with Crippen molar-refractivity contribution in [3.8, 4) is 0 Å². The predicted molar refractivity (Wildman–Crippen MR) is 83.7 cm³/mol. The van der Waals surface area contributed by atoms with E-state index in [9.17, 15) is 0 Å². The Balaban J connectivity index is 2.33. The maximum absolute atomic E-state index is 5.75. The molecule has 0 bridgehead atoms. The highest BCUT2D eigenvalue weighted by Crippen LogP contribution is 2.24. The summed E-state index contributed by atoms with van der Waals surface area (Å²) >= 11 is 3.50. The summed E-state index contributed by atoms with van der Waals surface area (Å²) in [4.78, 5) is 0. The van der Waals surface area contributed by atoms with Crippen LogP contribution in [0.15, 0.2) is 53.0 Å². The number of benzene rings is 2. The number of nitrogens with one attached hydrogen (secondary N) is 1. The maximum atomic E-state index is 5.75. The SMILES string of the molecule is CCCc1cccc(C(NN)c2cccc(Br)c2)c1. The van der Waals surface area contributed by atoms with Gasteiger partial charge in [-0.2, -0.15) is 0 Å². The second-order valence-corrected chi connectivity index (χ2v) is 5.57. The summed E-state index contributed by atoms with van der Waals surface area (Å²) in [5.41, 5.74) is 6.63. The molecule has 2 nitrogen and oxygen atoms in total. The zero-order valence-electron chi connectivity index (χ0n) is 11.1. The van der Waals surface area contributed by atoms with E-state index in [2.05, 4.69) is 64.7 Å². The molecule has 0 saturated heterocycles. The molecular weight excluding hydrogens is 300 g/mol. The third kappa shape index (κ3) is 3.66. The minimum atomic E-state index is 0.0225. The largest absolute Gasteiger partial charge is 0.271 e. The predicted octanol–water partition coefficient (Wildman–Crippen LogP) is 3.95. The van der Waals surface area contributed by atoms with Crippen LogP contribution >= 0.6 is 15.9 Å². The van der Waals surface area contributed by atoms with Crippen LogP contribution in [0.3, 0.4) is 0 Å². The molecule has 1 atom stereocenters. The summed E-state index contributed by atoms with van der Waals surface area (Å²) in [6.07, 6.45) is 2.25. The van der Waals surface area contributed by atoms with Crippen molar-refractivity contribution in [2.75, 3.05) is 0 Å². The van der Waals surface area contributed by atoms with Crippen LogP contribution < -0.4 is 11.3 Å². The molecule has 3 heteroatoms. The van der Waals surface area contributed by atoms with Gasteiger partial charge in [-0.15, -0.1) is 0 Å². The molecule has 0 saturated carbocycles. The summed E-state index contributed by atoms with van der Waals surface area (Å²) in [5, 5.41) is 0. The van der Waals surface area contributed by atoms with Crippen LogP contribution in [0, 0.1) is 0 Å². The van der Waals surface area contributed by atoms with Crippen LogP contribution in [0.1, 0.15) is 36.1 Å². The third-order valence-corrected chi connectivity index (χ3v) is 3.66. The van der Waals surface area contributed by atoms with Crippen LogP contribution in [0.4, 0.5) is 0 Å². The van der Waals surface area contributed by atoms with Gasteiger partial charge < -0.3 is 0 Å². The first-order valence-corrected chi connectivity index (χ1v) is 7.34. The van der Waals surface area contributed by atoms with Crippen molar-refractivity contribution in [2.45, 2.75) is 25.8 Å². The van der Waals surface area contributed by atoms with E-state index < -0.39 is 0 Å². The molecule has 0 aliphatic heterocycles. The fraction of sp³-hybridized carbons (Fsp3) is 0.250. The Morgan fingerprint density at radius 2 is 1.79 bits per heavy atom. The molecule has 0 fully saturated rings. The van der Waals surface area contributed by atoms with E-state index in [0.29, 0.717) is 0 Å². The summed E-state index contributed by atoms with van der Waals surface area (Å²) in [7, 11) is 0. The van der Waals surface area contributed by atoms with Crippen LogP contribution in [-0.4, -0.2) is 0 Å². The Bertz CT molecular complexity index is 540. The topological polar surface area (TPSA) is 38.0 Å². The lowest BCUT2D eigenvalue weighted by atomic mass is 9.97. The van der Waals surface area contributed by atoms with Gasteiger partial charge in [0.05, 0.1) is 6.04 Å². The molecule has 3 N–H and O–H groups in total. The van der Waals surface area contributed by atoms with Gasteiger partial charge >= 0.3 is 0 Å².